The van der Waals surface area contributed by atoms with Gasteiger partial charge in [-0.15, -0.1) is 0 Å². The SMILES string of the molecule is CC1=NN(c2cccc(Cl)n2)C(=O)C1. The number of nitrogens with zero attached hydrogens (tertiary/aromatic N) is 3. The van der Waals surface area contributed by atoms with Gasteiger partial charge in [0.2, 0.25) is 0 Å². The van der Waals surface area contributed by atoms with Crippen molar-refractivity contribution in [1.29, 1.82) is 0 Å². The summed E-state index contributed by atoms with van der Waals surface area (Å²) in [4.78, 5) is 15.4. The molecular formula is C9H8ClN3O. The molecule has 1 aromatic rings. The molecule has 0 aliphatic carbocycles. The molecule has 0 atom stereocenters. The maximum Gasteiger partial charge on any atom is 0.254 e. The first-order chi connectivity index (χ1) is 6.66. The highest BCUT2D eigenvalue weighted by molar-refractivity contribution is 6.29. The molecule has 2 heterocycles. The second kappa shape index (κ2) is 3.38. The van der Waals surface area contributed by atoms with Crippen molar-refractivity contribution in [3.63, 3.8) is 0 Å². The number of carbonyl (C=O) groups excluding carboxylic acids is 1. The van der Waals surface area contributed by atoms with Crippen molar-refractivity contribution >= 4 is 29.0 Å². The highest BCUT2D eigenvalue weighted by atomic mass is 35.5. The number of anilines is 1. The van der Waals surface area contributed by atoms with Gasteiger partial charge in [0, 0.05) is 5.71 Å². The Balaban J connectivity index is 2.36. The predicted molar refractivity (Wildman–Crippen MR) is 54.5 cm³/mol. The van der Waals surface area contributed by atoms with Crippen molar-refractivity contribution in [3.8, 4) is 0 Å². The van der Waals surface area contributed by atoms with E-state index in [1.54, 1.807) is 18.2 Å². The summed E-state index contributed by atoms with van der Waals surface area (Å²) < 4.78 is 0. The van der Waals surface area contributed by atoms with Gasteiger partial charge < -0.3 is 0 Å². The van der Waals surface area contributed by atoms with Crippen molar-refractivity contribution in [2.45, 2.75) is 13.3 Å². The molecule has 5 heteroatoms. The Bertz CT molecular complexity index is 416. The molecule has 14 heavy (non-hydrogen) atoms. The smallest absolute Gasteiger partial charge is 0.254 e. The van der Waals surface area contributed by atoms with E-state index in [0.717, 1.165) is 5.71 Å². The van der Waals surface area contributed by atoms with Crippen LogP contribution in [0.25, 0.3) is 0 Å². The van der Waals surface area contributed by atoms with Crippen molar-refractivity contribution in [1.82, 2.24) is 4.98 Å². The monoisotopic (exact) mass is 209 g/mol. The molecule has 0 saturated heterocycles. The summed E-state index contributed by atoms with van der Waals surface area (Å²) in [6.07, 6.45) is 0.355. The van der Waals surface area contributed by atoms with Gasteiger partial charge in [0.25, 0.3) is 5.91 Å². The standard InChI is InChI=1S/C9H8ClN3O/c1-6-5-9(14)13(12-6)8-4-2-3-7(10)11-8/h2-4H,5H2,1H3. The second-order valence-corrected chi connectivity index (χ2v) is 3.42. The highest BCUT2D eigenvalue weighted by Gasteiger charge is 2.23. The fraction of sp³-hybridized carbons (Fsp3) is 0.222. The molecule has 0 fully saturated rings. The van der Waals surface area contributed by atoms with E-state index in [9.17, 15) is 4.79 Å². The van der Waals surface area contributed by atoms with Crippen molar-refractivity contribution in [3.05, 3.63) is 23.4 Å². The highest BCUT2D eigenvalue weighted by Crippen LogP contribution is 2.19. The van der Waals surface area contributed by atoms with Crippen LogP contribution in [0, 0.1) is 0 Å². The zero-order valence-electron chi connectivity index (χ0n) is 7.57. The molecule has 1 aromatic heterocycles. The molecule has 1 aliphatic rings. The fourth-order valence-electron chi connectivity index (χ4n) is 1.25. The summed E-state index contributed by atoms with van der Waals surface area (Å²) >= 11 is 5.71. The van der Waals surface area contributed by atoms with Gasteiger partial charge in [-0.25, -0.2) is 4.98 Å². The van der Waals surface area contributed by atoms with Gasteiger partial charge in [-0.3, -0.25) is 4.79 Å². The Morgan fingerprint density at radius 1 is 1.50 bits per heavy atom. The molecule has 4 nitrogen and oxygen atoms in total. The van der Waals surface area contributed by atoms with Crippen molar-refractivity contribution in [2.24, 2.45) is 5.10 Å². The average Bonchev–Trinajstić information content (AvgIpc) is 2.45. The molecule has 0 N–H and O–H groups in total. The summed E-state index contributed by atoms with van der Waals surface area (Å²) in [5, 5.41) is 5.70. The second-order valence-electron chi connectivity index (χ2n) is 3.04. The lowest BCUT2D eigenvalue weighted by Crippen LogP contribution is -2.20. The molecule has 0 saturated carbocycles. The first-order valence-corrected chi connectivity index (χ1v) is 4.54. The number of hydrogen-bond acceptors (Lipinski definition) is 3. The number of hydrogen-bond donors (Lipinski definition) is 0. The van der Waals surface area contributed by atoms with Crippen molar-refractivity contribution < 1.29 is 4.79 Å². The van der Waals surface area contributed by atoms with Gasteiger partial charge in [0.15, 0.2) is 5.82 Å². The van der Waals surface area contributed by atoms with E-state index < -0.39 is 0 Å². The zero-order valence-corrected chi connectivity index (χ0v) is 8.32. The van der Waals surface area contributed by atoms with Gasteiger partial charge in [0.1, 0.15) is 5.15 Å². The number of amides is 1. The summed E-state index contributed by atoms with van der Waals surface area (Å²) in [6.45, 7) is 1.81. The van der Waals surface area contributed by atoms with Crippen LogP contribution < -0.4 is 5.01 Å². The van der Waals surface area contributed by atoms with Crippen LogP contribution >= 0.6 is 11.6 Å². The summed E-state index contributed by atoms with van der Waals surface area (Å²) in [6, 6.07) is 5.09. The number of halogens is 1. The molecule has 0 aromatic carbocycles. The minimum Gasteiger partial charge on any atom is -0.272 e. The lowest BCUT2D eigenvalue weighted by atomic mass is 10.3. The van der Waals surface area contributed by atoms with Crippen LogP contribution in [0.4, 0.5) is 5.82 Å². The Morgan fingerprint density at radius 2 is 2.29 bits per heavy atom. The molecule has 2 rings (SSSR count). The normalized spacial score (nSPS) is 16.0. The third-order valence-corrected chi connectivity index (χ3v) is 2.04. The molecule has 72 valence electrons. The fourth-order valence-corrected chi connectivity index (χ4v) is 1.41. The molecule has 1 amide bonds. The number of pyridine rings is 1. The summed E-state index contributed by atoms with van der Waals surface area (Å²) in [5.74, 6) is 0.400. The first-order valence-electron chi connectivity index (χ1n) is 4.16. The first kappa shape index (κ1) is 9.15. The van der Waals surface area contributed by atoms with Gasteiger partial charge in [-0.2, -0.15) is 10.1 Å². The van der Waals surface area contributed by atoms with E-state index >= 15 is 0 Å². The number of carbonyl (C=O) groups is 1. The Kier molecular flexibility index (Phi) is 2.21. The number of hydrazone groups is 1. The molecule has 0 radical (unpaired) electrons. The van der Waals surface area contributed by atoms with E-state index in [4.69, 9.17) is 11.6 Å². The van der Waals surface area contributed by atoms with Crippen LogP contribution in [-0.4, -0.2) is 16.6 Å². The average molecular weight is 210 g/mol. The van der Waals surface area contributed by atoms with E-state index in [2.05, 4.69) is 10.1 Å². The van der Waals surface area contributed by atoms with E-state index in [1.807, 2.05) is 6.92 Å². The van der Waals surface area contributed by atoms with Crippen molar-refractivity contribution in [2.75, 3.05) is 5.01 Å². The van der Waals surface area contributed by atoms with E-state index in [1.165, 1.54) is 5.01 Å². The Hall–Kier alpha value is -1.42. The Morgan fingerprint density at radius 3 is 2.86 bits per heavy atom. The maximum absolute atomic E-state index is 11.4. The molecule has 0 spiro atoms. The molecule has 0 unspecified atom stereocenters. The molecule has 0 bridgehead atoms. The largest absolute Gasteiger partial charge is 0.272 e. The van der Waals surface area contributed by atoms with Gasteiger partial charge in [-0.1, -0.05) is 17.7 Å². The van der Waals surface area contributed by atoms with Crippen LogP contribution in [0.1, 0.15) is 13.3 Å². The van der Waals surface area contributed by atoms with Crippen LogP contribution in [0.3, 0.4) is 0 Å². The quantitative estimate of drug-likeness (QED) is 0.663. The van der Waals surface area contributed by atoms with Crippen LogP contribution in [0.5, 0.6) is 0 Å². The van der Waals surface area contributed by atoms with Crippen LogP contribution in [-0.2, 0) is 4.79 Å². The Labute approximate surface area is 86.2 Å². The predicted octanol–water partition coefficient (Wildman–Crippen LogP) is 1.85. The summed E-state index contributed by atoms with van der Waals surface area (Å²) in [7, 11) is 0. The van der Waals surface area contributed by atoms with Crippen LogP contribution in [0.15, 0.2) is 23.3 Å². The minimum atomic E-state index is -0.0720. The lowest BCUT2D eigenvalue weighted by molar-refractivity contribution is -0.116. The molecule has 1 aliphatic heterocycles. The third kappa shape index (κ3) is 1.61. The summed E-state index contributed by atoms with van der Waals surface area (Å²) in [5.41, 5.74) is 0.789. The molecular weight excluding hydrogens is 202 g/mol. The zero-order chi connectivity index (χ0) is 10.1. The van der Waals surface area contributed by atoms with E-state index in [0.29, 0.717) is 17.4 Å². The minimum absolute atomic E-state index is 0.0720. The number of rotatable bonds is 1. The topological polar surface area (TPSA) is 45.6 Å². The van der Waals surface area contributed by atoms with Crippen LogP contribution in [0.2, 0.25) is 5.15 Å². The number of aromatic nitrogens is 1. The maximum atomic E-state index is 11.4. The third-order valence-electron chi connectivity index (χ3n) is 1.83. The lowest BCUT2D eigenvalue weighted by Gasteiger charge is -2.09. The van der Waals surface area contributed by atoms with Gasteiger partial charge in [0.05, 0.1) is 6.42 Å². The van der Waals surface area contributed by atoms with Gasteiger partial charge >= 0.3 is 0 Å². The van der Waals surface area contributed by atoms with E-state index in [-0.39, 0.29) is 5.91 Å². The van der Waals surface area contributed by atoms with Gasteiger partial charge in [-0.05, 0) is 19.1 Å².